The zero-order valence-corrected chi connectivity index (χ0v) is 8.01. The van der Waals surface area contributed by atoms with Gasteiger partial charge in [-0.2, -0.15) is 0 Å². The Kier molecular flexibility index (Phi) is 3.92. The predicted octanol–water partition coefficient (Wildman–Crippen LogP) is 1.76. The van der Waals surface area contributed by atoms with E-state index in [-0.39, 0.29) is 6.61 Å². The molecule has 0 fully saturated rings. The highest BCUT2D eigenvalue weighted by atomic mass is 32.1. The Labute approximate surface area is 80.6 Å². The van der Waals surface area contributed by atoms with Gasteiger partial charge in [-0.05, 0) is 30.7 Å². The van der Waals surface area contributed by atoms with Gasteiger partial charge in [-0.1, -0.05) is 0 Å². The van der Waals surface area contributed by atoms with Crippen molar-refractivity contribution in [2.45, 2.75) is 19.3 Å². The lowest BCUT2D eigenvalue weighted by molar-refractivity contribution is 0.0696. The van der Waals surface area contributed by atoms with Gasteiger partial charge >= 0.3 is 5.97 Å². The first-order valence-corrected chi connectivity index (χ1v) is 5.04. The molecular formula is C9H12O3S. The van der Waals surface area contributed by atoms with Gasteiger partial charge in [0.25, 0.3) is 0 Å². The largest absolute Gasteiger partial charge is 0.478 e. The molecule has 0 aliphatic carbocycles. The maximum atomic E-state index is 10.7. The zero-order chi connectivity index (χ0) is 9.68. The Hall–Kier alpha value is -0.870. The molecule has 13 heavy (non-hydrogen) atoms. The molecular weight excluding hydrogens is 188 g/mol. The predicted molar refractivity (Wildman–Crippen MR) is 51.3 cm³/mol. The molecule has 0 aliphatic rings. The molecule has 0 aliphatic heterocycles. The third-order valence-corrected chi connectivity index (χ3v) is 2.77. The molecule has 0 unspecified atom stereocenters. The van der Waals surface area contributed by atoms with Crippen molar-refractivity contribution >= 4 is 17.3 Å². The highest BCUT2D eigenvalue weighted by molar-refractivity contribution is 7.10. The van der Waals surface area contributed by atoms with Gasteiger partial charge in [0.05, 0.1) is 5.56 Å². The number of unbranched alkanes of at least 4 members (excludes halogenated alkanes) is 1. The topological polar surface area (TPSA) is 57.5 Å². The molecule has 72 valence electrons. The number of aliphatic hydroxyl groups is 1. The zero-order valence-electron chi connectivity index (χ0n) is 7.19. The summed E-state index contributed by atoms with van der Waals surface area (Å²) in [6, 6.07) is 1.63. The Balaban J connectivity index is 2.55. The van der Waals surface area contributed by atoms with Gasteiger partial charge in [0, 0.05) is 11.5 Å². The monoisotopic (exact) mass is 200 g/mol. The van der Waals surface area contributed by atoms with Crippen LogP contribution in [0.1, 0.15) is 28.1 Å². The smallest absolute Gasteiger partial charge is 0.336 e. The number of aliphatic hydroxyl groups excluding tert-OH is 1. The molecule has 1 rings (SSSR count). The maximum Gasteiger partial charge on any atom is 0.336 e. The second kappa shape index (κ2) is 4.99. The van der Waals surface area contributed by atoms with E-state index in [1.165, 1.54) is 11.3 Å². The Bertz CT molecular complexity index is 280. The van der Waals surface area contributed by atoms with Crippen LogP contribution < -0.4 is 0 Å². The van der Waals surface area contributed by atoms with Crippen LogP contribution in [-0.2, 0) is 6.42 Å². The van der Waals surface area contributed by atoms with Crippen LogP contribution in [0.4, 0.5) is 0 Å². The van der Waals surface area contributed by atoms with Gasteiger partial charge in [0.1, 0.15) is 0 Å². The summed E-state index contributed by atoms with van der Waals surface area (Å²) in [5.74, 6) is -0.861. The Morgan fingerprint density at radius 1 is 1.46 bits per heavy atom. The number of hydrogen-bond acceptors (Lipinski definition) is 3. The molecule has 0 spiro atoms. The molecule has 3 nitrogen and oxygen atoms in total. The van der Waals surface area contributed by atoms with Crippen LogP contribution in [0, 0.1) is 0 Å². The molecule has 2 N–H and O–H groups in total. The minimum Gasteiger partial charge on any atom is -0.478 e. The standard InChI is InChI=1S/C9H12O3S/c10-5-2-1-3-8-7(9(11)12)4-6-13-8/h4,6,10H,1-3,5H2,(H,11,12). The van der Waals surface area contributed by atoms with Crippen LogP contribution in [0.15, 0.2) is 11.4 Å². The van der Waals surface area contributed by atoms with Gasteiger partial charge in [-0.25, -0.2) is 4.79 Å². The number of hydrogen-bond donors (Lipinski definition) is 2. The van der Waals surface area contributed by atoms with E-state index in [1.54, 1.807) is 11.4 Å². The summed E-state index contributed by atoms with van der Waals surface area (Å²) in [6.45, 7) is 0.174. The minimum atomic E-state index is -0.861. The fraction of sp³-hybridized carbons (Fsp3) is 0.444. The van der Waals surface area contributed by atoms with Crippen LogP contribution in [0.2, 0.25) is 0 Å². The van der Waals surface area contributed by atoms with Crippen molar-refractivity contribution in [3.8, 4) is 0 Å². The molecule has 0 radical (unpaired) electrons. The van der Waals surface area contributed by atoms with E-state index in [0.29, 0.717) is 5.56 Å². The average molecular weight is 200 g/mol. The van der Waals surface area contributed by atoms with E-state index in [9.17, 15) is 4.79 Å². The summed E-state index contributed by atoms with van der Waals surface area (Å²) in [5.41, 5.74) is 0.405. The number of carbonyl (C=O) groups is 1. The molecule has 0 bridgehead atoms. The summed E-state index contributed by atoms with van der Waals surface area (Å²) in [5, 5.41) is 19.1. The van der Waals surface area contributed by atoms with Crippen LogP contribution in [0.5, 0.6) is 0 Å². The fourth-order valence-electron chi connectivity index (χ4n) is 1.12. The molecule has 1 aromatic heterocycles. The van der Waals surface area contributed by atoms with Crippen molar-refractivity contribution in [2.24, 2.45) is 0 Å². The van der Waals surface area contributed by atoms with Crippen molar-refractivity contribution in [1.29, 1.82) is 0 Å². The summed E-state index contributed by atoms with van der Waals surface area (Å²) < 4.78 is 0. The van der Waals surface area contributed by atoms with E-state index in [1.807, 2.05) is 0 Å². The average Bonchev–Trinajstić information content (AvgIpc) is 2.53. The van der Waals surface area contributed by atoms with Crippen molar-refractivity contribution in [1.82, 2.24) is 0 Å². The maximum absolute atomic E-state index is 10.7. The van der Waals surface area contributed by atoms with Gasteiger partial charge < -0.3 is 10.2 Å². The number of carboxylic acid groups (broad SMARTS) is 1. The summed E-state index contributed by atoms with van der Waals surface area (Å²) in [7, 11) is 0. The molecule has 0 atom stereocenters. The van der Waals surface area contributed by atoms with Crippen LogP contribution in [0.25, 0.3) is 0 Å². The van der Waals surface area contributed by atoms with Crippen molar-refractivity contribution in [2.75, 3.05) is 6.61 Å². The van der Waals surface area contributed by atoms with Gasteiger partial charge in [-0.15, -0.1) is 11.3 Å². The molecule has 1 heterocycles. The first kappa shape index (κ1) is 10.2. The number of rotatable bonds is 5. The number of aromatic carboxylic acids is 1. The summed E-state index contributed by atoms with van der Waals surface area (Å²) in [4.78, 5) is 11.6. The molecule has 1 aromatic rings. The van der Waals surface area contributed by atoms with Crippen molar-refractivity contribution < 1.29 is 15.0 Å². The first-order chi connectivity index (χ1) is 6.25. The van der Waals surface area contributed by atoms with Crippen molar-refractivity contribution in [3.63, 3.8) is 0 Å². The number of carboxylic acids is 1. The molecule has 0 saturated carbocycles. The second-order valence-corrected chi connectivity index (χ2v) is 3.74. The molecule has 0 amide bonds. The van der Waals surface area contributed by atoms with Gasteiger partial charge in [-0.3, -0.25) is 0 Å². The van der Waals surface area contributed by atoms with Gasteiger partial charge in [0.2, 0.25) is 0 Å². The normalized spacial score (nSPS) is 10.2. The number of thiophene rings is 1. The lowest BCUT2D eigenvalue weighted by Crippen LogP contribution is -1.98. The highest BCUT2D eigenvalue weighted by Gasteiger charge is 2.10. The molecule has 4 heteroatoms. The van der Waals surface area contributed by atoms with E-state index in [2.05, 4.69) is 0 Å². The van der Waals surface area contributed by atoms with Crippen LogP contribution in [-0.4, -0.2) is 22.8 Å². The molecule has 0 saturated heterocycles. The van der Waals surface area contributed by atoms with Crippen LogP contribution >= 0.6 is 11.3 Å². The Morgan fingerprint density at radius 3 is 2.85 bits per heavy atom. The summed E-state index contributed by atoms with van der Waals surface area (Å²) >= 11 is 1.47. The lowest BCUT2D eigenvalue weighted by atomic mass is 10.1. The SMILES string of the molecule is O=C(O)c1ccsc1CCCCO. The minimum absolute atomic E-state index is 0.174. The number of aryl methyl sites for hydroxylation is 1. The van der Waals surface area contributed by atoms with E-state index in [0.717, 1.165) is 24.1 Å². The second-order valence-electron chi connectivity index (χ2n) is 2.74. The van der Waals surface area contributed by atoms with Crippen molar-refractivity contribution in [3.05, 3.63) is 21.9 Å². The first-order valence-electron chi connectivity index (χ1n) is 4.16. The fourth-order valence-corrected chi connectivity index (χ4v) is 2.04. The van der Waals surface area contributed by atoms with E-state index in [4.69, 9.17) is 10.2 Å². The van der Waals surface area contributed by atoms with Crippen LogP contribution in [0.3, 0.4) is 0 Å². The van der Waals surface area contributed by atoms with E-state index < -0.39 is 5.97 Å². The van der Waals surface area contributed by atoms with Gasteiger partial charge in [0.15, 0.2) is 0 Å². The third kappa shape index (κ3) is 2.82. The lowest BCUT2D eigenvalue weighted by Gasteiger charge is -1.98. The quantitative estimate of drug-likeness (QED) is 0.712. The highest BCUT2D eigenvalue weighted by Crippen LogP contribution is 2.18. The summed E-state index contributed by atoms with van der Waals surface area (Å²) in [6.07, 6.45) is 2.33. The Morgan fingerprint density at radius 2 is 2.23 bits per heavy atom. The third-order valence-electron chi connectivity index (χ3n) is 1.79. The van der Waals surface area contributed by atoms with E-state index >= 15 is 0 Å². The molecule has 0 aromatic carbocycles.